The first kappa shape index (κ1) is 29.8. The lowest BCUT2D eigenvalue weighted by Gasteiger charge is -2.39. The van der Waals surface area contributed by atoms with E-state index < -0.39 is 0 Å². The van der Waals surface area contributed by atoms with Gasteiger partial charge in [-0.2, -0.15) is 5.26 Å². The van der Waals surface area contributed by atoms with Gasteiger partial charge in [0, 0.05) is 44.1 Å². The molecule has 0 radical (unpaired) electrons. The van der Waals surface area contributed by atoms with Gasteiger partial charge in [-0.1, -0.05) is 37.6 Å². The van der Waals surface area contributed by atoms with Gasteiger partial charge >= 0.3 is 0 Å². The van der Waals surface area contributed by atoms with Gasteiger partial charge in [0.2, 0.25) is 5.88 Å². The molecule has 4 aromatic rings. The number of H-pyrrole nitrogens is 1. The zero-order chi connectivity index (χ0) is 30.2. The first-order chi connectivity index (χ1) is 20.9. The Kier molecular flexibility index (Phi) is 9.70. The van der Waals surface area contributed by atoms with E-state index in [1.54, 1.807) is 12.1 Å². The van der Waals surface area contributed by atoms with Gasteiger partial charge in [-0.3, -0.25) is 9.69 Å². The van der Waals surface area contributed by atoms with Gasteiger partial charge in [0.1, 0.15) is 23.4 Å². The van der Waals surface area contributed by atoms with E-state index in [0.29, 0.717) is 67.7 Å². The first-order valence-corrected chi connectivity index (χ1v) is 14.9. The molecule has 1 fully saturated rings. The average molecular weight is 579 g/mol. The molecule has 1 atom stereocenters. The number of ether oxygens (including phenoxy) is 2. The van der Waals surface area contributed by atoms with Gasteiger partial charge in [-0.05, 0) is 62.6 Å². The normalized spacial score (nSPS) is 14.2. The Balaban J connectivity index is 1.32. The molecule has 222 valence electrons. The Hall–Kier alpha value is -4.68. The number of para-hydroxylation sites is 1. The van der Waals surface area contributed by atoms with Crippen LogP contribution >= 0.6 is 0 Å². The van der Waals surface area contributed by atoms with Crippen molar-refractivity contribution >= 4 is 5.91 Å². The highest BCUT2D eigenvalue weighted by molar-refractivity contribution is 5.97. The number of nitrogens with zero attached hydrogens (tertiary/aromatic N) is 5. The van der Waals surface area contributed by atoms with Crippen molar-refractivity contribution in [1.82, 2.24) is 24.8 Å². The van der Waals surface area contributed by atoms with Crippen molar-refractivity contribution in [3.05, 3.63) is 101 Å². The molecule has 9 nitrogen and oxygen atoms in total. The fourth-order valence-electron chi connectivity index (χ4n) is 5.33. The molecule has 1 aliphatic rings. The van der Waals surface area contributed by atoms with Crippen LogP contribution in [-0.2, 0) is 6.42 Å². The number of carbonyl (C=O) groups excluding carboxylic acids is 1. The molecule has 43 heavy (non-hydrogen) atoms. The number of hydrogen-bond acceptors (Lipinski definition) is 7. The number of nitrogens with one attached hydrogen (secondary N) is 1. The van der Waals surface area contributed by atoms with Crippen molar-refractivity contribution in [1.29, 1.82) is 5.26 Å². The van der Waals surface area contributed by atoms with Crippen molar-refractivity contribution in [2.75, 3.05) is 32.8 Å². The Morgan fingerprint density at radius 2 is 1.86 bits per heavy atom. The predicted octanol–water partition coefficient (Wildman–Crippen LogP) is 6.01. The van der Waals surface area contributed by atoms with E-state index in [4.69, 9.17) is 9.47 Å². The molecular formula is C34H38N6O3. The zero-order valence-corrected chi connectivity index (χ0v) is 25.0. The van der Waals surface area contributed by atoms with Gasteiger partial charge in [0.25, 0.3) is 5.91 Å². The van der Waals surface area contributed by atoms with E-state index in [1.165, 1.54) is 0 Å². The SMILES string of the molecule is CCCCOc1ccccc1C(=O)N1CCN(C(Cc2ccc(C#N)c(Oc3cccc(C)n3)c2)c2cnc(C)[nH]2)CC1. The number of nitriles is 1. The number of unbranched alkanes of at least 4 members (excludes halogenated alkanes) is 1. The summed E-state index contributed by atoms with van der Waals surface area (Å²) in [5.74, 6) is 2.43. The second kappa shape index (κ2) is 14.0. The molecular weight excluding hydrogens is 540 g/mol. The molecule has 1 N–H and O–H groups in total. The summed E-state index contributed by atoms with van der Waals surface area (Å²) >= 11 is 0. The van der Waals surface area contributed by atoms with Crippen LogP contribution in [0.3, 0.4) is 0 Å². The molecule has 1 aliphatic heterocycles. The summed E-state index contributed by atoms with van der Waals surface area (Å²) in [6.45, 7) is 9.19. The van der Waals surface area contributed by atoms with Crippen molar-refractivity contribution in [2.45, 2.75) is 46.1 Å². The predicted molar refractivity (Wildman–Crippen MR) is 164 cm³/mol. The van der Waals surface area contributed by atoms with Crippen molar-refractivity contribution in [3.8, 4) is 23.4 Å². The number of aromatic amines is 1. The molecule has 0 aliphatic carbocycles. The quantitative estimate of drug-likeness (QED) is 0.217. The molecule has 9 heteroatoms. The summed E-state index contributed by atoms with van der Waals surface area (Å²) in [5, 5.41) is 9.72. The van der Waals surface area contributed by atoms with Crippen LogP contribution in [-0.4, -0.2) is 63.4 Å². The molecule has 0 saturated carbocycles. The number of piperazine rings is 1. The van der Waals surface area contributed by atoms with Crippen LogP contribution in [0.1, 0.15) is 64.5 Å². The molecule has 2 aromatic heterocycles. The molecule has 2 aromatic carbocycles. The van der Waals surface area contributed by atoms with Crippen molar-refractivity contribution in [3.63, 3.8) is 0 Å². The van der Waals surface area contributed by atoms with Crippen LogP contribution in [0.25, 0.3) is 0 Å². The maximum absolute atomic E-state index is 13.5. The average Bonchev–Trinajstić information content (AvgIpc) is 3.46. The highest BCUT2D eigenvalue weighted by Crippen LogP contribution is 2.31. The van der Waals surface area contributed by atoms with Gasteiger partial charge in [-0.15, -0.1) is 0 Å². The minimum Gasteiger partial charge on any atom is -0.493 e. The first-order valence-electron chi connectivity index (χ1n) is 14.9. The fraction of sp³-hybridized carbons (Fsp3) is 0.353. The third kappa shape index (κ3) is 7.40. The Bertz CT molecular complexity index is 1580. The van der Waals surface area contributed by atoms with Crippen molar-refractivity contribution < 1.29 is 14.3 Å². The number of aryl methyl sites for hydroxylation is 2. The van der Waals surface area contributed by atoms with E-state index in [2.05, 4.69) is 32.8 Å². The maximum Gasteiger partial charge on any atom is 0.257 e. The largest absolute Gasteiger partial charge is 0.493 e. The summed E-state index contributed by atoms with van der Waals surface area (Å²) in [5.41, 5.74) is 3.94. The Morgan fingerprint density at radius 3 is 2.58 bits per heavy atom. The number of hydrogen-bond donors (Lipinski definition) is 1. The summed E-state index contributed by atoms with van der Waals surface area (Å²) < 4.78 is 12.0. The van der Waals surface area contributed by atoms with Crippen LogP contribution in [0, 0.1) is 25.2 Å². The summed E-state index contributed by atoms with van der Waals surface area (Å²) in [7, 11) is 0. The minimum absolute atomic E-state index is 0.000626. The highest BCUT2D eigenvalue weighted by atomic mass is 16.5. The van der Waals surface area contributed by atoms with Crippen LogP contribution in [0.4, 0.5) is 0 Å². The fourth-order valence-corrected chi connectivity index (χ4v) is 5.33. The zero-order valence-electron chi connectivity index (χ0n) is 25.0. The maximum atomic E-state index is 13.5. The van der Waals surface area contributed by atoms with Crippen LogP contribution in [0.5, 0.6) is 17.4 Å². The lowest BCUT2D eigenvalue weighted by Crippen LogP contribution is -2.50. The van der Waals surface area contributed by atoms with E-state index in [0.717, 1.165) is 35.6 Å². The van der Waals surface area contributed by atoms with Gasteiger partial charge in [0.05, 0.1) is 29.5 Å². The van der Waals surface area contributed by atoms with Crippen LogP contribution < -0.4 is 9.47 Å². The number of benzene rings is 2. The second-order valence-corrected chi connectivity index (χ2v) is 10.8. The van der Waals surface area contributed by atoms with Crippen LogP contribution in [0.15, 0.2) is 66.9 Å². The monoisotopic (exact) mass is 578 g/mol. The third-order valence-electron chi connectivity index (χ3n) is 7.67. The molecule has 0 spiro atoms. The number of aromatic nitrogens is 3. The summed E-state index contributed by atoms with van der Waals surface area (Å²) in [4.78, 5) is 30.2. The topological polar surface area (TPSA) is 107 Å². The molecule has 1 amide bonds. The number of pyridine rings is 1. The molecule has 3 heterocycles. The second-order valence-electron chi connectivity index (χ2n) is 10.8. The molecule has 1 saturated heterocycles. The summed E-state index contributed by atoms with van der Waals surface area (Å²) in [6.07, 6.45) is 4.55. The number of carbonyl (C=O) groups is 1. The standard InChI is InChI=1S/C34H38N6O3/c1-4-5-19-42-31-11-7-6-10-28(31)34(41)40-17-15-39(16-18-40)30(29-23-36-25(3)38-29)20-26-13-14-27(22-35)32(21-26)43-33-12-8-9-24(2)37-33/h6-14,21,23,30H,4-5,15-20H2,1-3H3,(H,36,38). The third-order valence-corrected chi connectivity index (χ3v) is 7.67. The smallest absolute Gasteiger partial charge is 0.257 e. The number of rotatable bonds is 11. The molecule has 5 rings (SSSR count). The molecule has 0 bridgehead atoms. The lowest BCUT2D eigenvalue weighted by molar-refractivity contribution is 0.0559. The molecule has 1 unspecified atom stereocenters. The number of imidazole rings is 1. The van der Waals surface area contributed by atoms with Gasteiger partial charge in [0.15, 0.2) is 0 Å². The minimum atomic E-state index is -0.000626. The summed E-state index contributed by atoms with van der Waals surface area (Å²) in [6, 6.07) is 21.0. The van der Waals surface area contributed by atoms with E-state index in [-0.39, 0.29) is 11.9 Å². The number of amides is 1. The van der Waals surface area contributed by atoms with E-state index in [1.807, 2.05) is 73.5 Å². The van der Waals surface area contributed by atoms with Crippen molar-refractivity contribution in [2.24, 2.45) is 0 Å². The van der Waals surface area contributed by atoms with E-state index in [9.17, 15) is 10.1 Å². The van der Waals surface area contributed by atoms with Gasteiger partial charge < -0.3 is 19.4 Å². The van der Waals surface area contributed by atoms with Crippen LogP contribution in [0.2, 0.25) is 0 Å². The van der Waals surface area contributed by atoms with E-state index >= 15 is 0 Å². The van der Waals surface area contributed by atoms with Gasteiger partial charge in [-0.25, -0.2) is 9.97 Å². The Labute approximate surface area is 253 Å². The Morgan fingerprint density at radius 1 is 1.05 bits per heavy atom. The highest BCUT2D eigenvalue weighted by Gasteiger charge is 2.30. The lowest BCUT2D eigenvalue weighted by atomic mass is 9.99.